The van der Waals surface area contributed by atoms with Gasteiger partial charge in [-0.15, -0.1) is 0 Å². The van der Waals surface area contributed by atoms with Crippen molar-refractivity contribution in [1.29, 1.82) is 0 Å². The molecular weight excluding hydrogens is 242 g/mol. The molecule has 1 fully saturated rings. The number of ketones is 1. The van der Waals surface area contributed by atoms with Crippen molar-refractivity contribution >= 4 is 11.9 Å². The summed E-state index contributed by atoms with van der Waals surface area (Å²) in [6.07, 6.45) is 1.41. The Bertz CT molecular complexity index is 355. The van der Waals surface area contributed by atoms with Crippen molar-refractivity contribution in [2.75, 3.05) is 13.1 Å². The summed E-state index contributed by atoms with van der Waals surface area (Å²) in [6, 6.07) is 0. The average molecular weight is 269 g/mol. The third kappa shape index (κ3) is 4.84. The van der Waals surface area contributed by atoms with Crippen LogP contribution in [0.25, 0.3) is 0 Å². The van der Waals surface area contributed by atoms with E-state index in [9.17, 15) is 9.59 Å². The van der Waals surface area contributed by atoms with Crippen LogP contribution < -0.4 is 0 Å². The standard InChI is InChI=1S/C15H27NO3/c1-11-7-8-16(13(18)19-14(2,3)4)10-12(17)15(5,6)9-11/h11H,7-10H2,1-6H3. The monoisotopic (exact) mass is 269 g/mol. The number of hydrogen-bond acceptors (Lipinski definition) is 3. The molecule has 1 rings (SSSR count). The fourth-order valence-corrected chi connectivity index (χ4v) is 2.41. The van der Waals surface area contributed by atoms with Gasteiger partial charge in [0.15, 0.2) is 5.78 Å². The lowest BCUT2D eigenvalue weighted by atomic mass is 9.77. The van der Waals surface area contributed by atoms with E-state index in [0.717, 1.165) is 12.8 Å². The third-order valence-electron chi connectivity index (χ3n) is 3.49. The summed E-state index contributed by atoms with van der Waals surface area (Å²) in [4.78, 5) is 25.9. The van der Waals surface area contributed by atoms with E-state index in [2.05, 4.69) is 6.92 Å². The van der Waals surface area contributed by atoms with E-state index in [1.165, 1.54) is 0 Å². The summed E-state index contributed by atoms with van der Waals surface area (Å²) < 4.78 is 5.36. The van der Waals surface area contributed by atoms with Crippen LogP contribution in [0, 0.1) is 11.3 Å². The molecule has 0 saturated carbocycles. The molecule has 1 heterocycles. The van der Waals surface area contributed by atoms with Crippen molar-refractivity contribution in [2.24, 2.45) is 11.3 Å². The number of likely N-dealkylation sites (tertiary alicyclic amines) is 1. The minimum atomic E-state index is -0.524. The van der Waals surface area contributed by atoms with E-state index < -0.39 is 5.60 Å². The highest BCUT2D eigenvalue weighted by Crippen LogP contribution is 2.30. The second-order valence-corrected chi connectivity index (χ2v) is 7.31. The van der Waals surface area contributed by atoms with Crippen molar-refractivity contribution in [3.63, 3.8) is 0 Å². The van der Waals surface area contributed by atoms with Crippen LogP contribution in [0.4, 0.5) is 4.79 Å². The molecule has 4 nitrogen and oxygen atoms in total. The molecule has 19 heavy (non-hydrogen) atoms. The van der Waals surface area contributed by atoms with Crippen LogP contribution in [0.3, 0.4) is 0 Å². The topological polar surface area (TPSA) is 46.6 Å². The molecule has 1 amide bonds. The molecule has 0 aromatic carbocycles. The van der Waals surface area contributed by atoms with Gasteiger partial charge in [0, 0.05) is 12.0 Å². The highest BCUT2D eigenvalue weighted by molar-refractivity contribution is 5.88. The minimum absolute atomic E-state index is 0.116. The summed E-state index contributed by atoms with van der Waals surface area (Å²) in [7, 11) is 0. The molecule has 0 spiro atoms. The van der Waals surface area contributed by atoms with Crippen molar-refractivity contribution < 1.29 is 14.3 Å². The van der Waals surface area contributed by atoms with Gasteiger partial charge in [-0.05, 0) is 39.5 Å². The van der Waals surface area contributed by atoms with Crippen LogP contribution in [-0.2, 0) is 9.53 Å². The Morgan fingerprint density at radius 1 is 1.37 bits per heavy atom. The van der Waals surface area contributed by atoms with Gasteiger partial charge in [0.25, 0.3) is 0 Å². The fraction of sp³-hybridized carbons (Fsp3) is 0.867. The fourth-order valence-electron chi connectivity index (χ4n) is 2.41. The van der Waals surface area contributed by atoms with Crippen LogP contribution in [0.1, 0.15) is 54.4 Å². The highest BCUT2D eigenvalue weighted by atomic mass is 16.6. The second-order valence-electron chi connectivity index (χ2n) is 7.31. The maximum Gasteiger partial charge on any atom is 0.410 e. The number of hydrogen-bond donors (Lipinski definition) is 0. The number of nitrogens with zero attached hydrogens (tertiary/aromatic N) is 1. The van der Waals surface area contributed by atoms with Crippen LogP contribution in [-0.4, -0.2) is 35.5 Å². The van der Waals surface area contributed by atoms with E-state index in [1.54, 1.807) is 4.90 Å². The Kier molecular flexibility index (Phi) is 4.64. The molecule has 0 radical (unpaired) electrons. The van der Waals surface area contributed by atoms with Gasteiger partial charge in [-0.25, -0.2) is 4.79 Å². The molecule has 1 saturated heterocycles. The zero-order valence-corrected chi connectivity index (χ0v) is 13.1. The summed E-state index contributed by atoms with van der Waals surface area (Å²) >= 11 is 0. The lowest BCUT2D eigenvalue weighted by Gasteiger charge is -2.35. The first-order chi connectivity index (χ1) is 8.51. The predicted octanol–water partition coefficient (Wildman–Crippen LogP) is 3.25. The largest absolute Gasteiger partial charge is 0.444 e. The molecular formula is C15H27NO3. The van der Waals surface area contributed by atoms with Crippen molar-refractivity contribution in [3.8, 4) is 0 Å². The Labute approximate surface area is 116 Å². The molecule has 0 aromatic rings. The van der Waals surface area contributed by atoms with Gasteiger partial charge >= 0.3 is 6.09 Å². The average Bonchev–Trinajstić information content (AvgIpc) is 2.18. The maximum absolute atomic E-state index is 12.3. The minimum Gasteiger partial charge on any atom is -0.444 e. The molecule has 1 unspecified atom stereocenters. The quantitative estimate of drug-likeness (QED) is 0.678. The smallest absolute Gasteiger partial charge is 0.410 e. The van der Waals surface area contributed by atoms with Gasteiger partial charge in [-0.1, -0.05) is 20.8 Å². The Morgan fingerprint density at radius 3 is 2.47 bits per heavy atom. The molecule has 0 bridgehead atoms. The number of carbonyl (C=O) groups is 2. The predicted molar refractivity (Wildman–Crippen MR) is 75.0 cm³/mol. The van der Waals surface area contributed by atoms with Gasteiger partial charge in [-0.2, -0.15) is 0 Å². The summed E-state index contributed by atoms with van der Waals surface area (Å²) in [5.74, 6) is 0.550. The van der Waals surface area contributed by atoms with Gasteiger partial charge in [0.05, 0.1) is 6.54 Å². The van der Waals surface area contributed by atoms with Gasteiger partial charge in [0.1, 0.15) is 5.60 Å². The molecule has 0 N–H and O–H groups in total. The Hall–Kier alpha value is -1.06. The van der Waals surface area contributed by atoms with E-state index in [-0.39, 0.29) is 23.8 Å². The van der Waals surface area contributed by atoms with Crippen molar-refractivity contribution in [3.05, 3.63) is 0 Å². The summed E-state index contributed by atoms with van der Waals surface area (Å²) in [5, 5.41) is 0. The molecule has 1 aliphatic heterocycles. The highest BCUT2D eigenvalue weighted by Gasteiger charge is 2.35. The lowest BCUT2D eigenvalue weighted by molar-refractivity contribution is -0.130. The van der Waals surface area contributed by atoms with Crippen molar-refractivity contribution in [2.45, 2.75) is 60.0 Å². The molecule has 1 aliphatic rings. The molecule has 0 aromatic heterocycles. The summed E-state index contributed by atoms with van der Waals surface area (Å²) in [5.41, 5.74) is -0.885. The normalized spacial score (nSPS) is 24.6. The lowest BCUT2D eigenvalue weighted by Crippen LogP contribution is -2.46. The number of rotatable bonds is 0. The Morgan fingerprint density at radius 2 is 1.95 bits per heavy atom. The van der Waals surface area contributed by atoms with Crippen LogP contribution >= 0.6 is 0 Å². The molecule has 1 atom stereocenters. The van der Waals surface area contributed by atoms with E-state index in [0.29, 0.717) is 12.5 Å². The SMILES string of the molecule is CC1CCN(C(=O)OC(C)(C)C)CC(=O)C(C)(C)C1. The number of Topliss-reactive ketones (excluding diaryl/α,β-unsaturated/α-hetero) is 1. The molecule has 110 valence electrons. The van der Waals surface area contributed by atoms with Crippen LogP contribution in [0.5, 0.6) is 0 Å². The zero-order valence-electron chi connectivity index (χ0n) is 13.1. The second kappa shape index (κ2) is 5.51. The van der Waals surface area contributed by atoms with E-state index in [1.807, 2.05) is 34.6 Å². The van der Waals surface area contributed by atoms with Crippen LogP contribution in [0.15, 0.2) is 0 Å². The zero-order chi connectivity index (χ0) is 14.8. The van der Waals surface area contributed by atoms with Gasteiger partial charge in [-0.3, -0.25) is 4.79 Å². The number of ether oxygens (including phenoxy) is 1. The molecule has 0 aliphatic carbocycles. The van der Waals surface area contributed by atoms with Gasteiger partial charge in [0.2, 0.25) is 0 Å². The van der Waals surface area contributed by atoms with E-state index in [4.69, 9.17) is 4.74 Å². The number of carbonyl (C=O) groups excluding carboxylic acids is 2. The first-order valence-corrected chi connectivity index (χ1v) is 7.02. The number of amides is 1. The first-order valence-electron chi connectivity index (χ1n) is 7.02. The first kappa shape index (κ1) is 16.0. The van der Waals surface area contributed by atoms with Gasteiger partial charge < -0.3 is 9.64 Å². The summed E-state index contributed by atoms with van der Waals surface area (Å²) in [6.45, 7) is 12.3. The third-order valence-corrected chi connectivity index (χ3v) is 3.49. The van der Waals surface area contributed by atoms with Crippen LogP contribution in [0.2, 0.25) is 0 Å². The maximum atomic E-state index is 12.3. The van der Waals surface area contributed by atoms with Crippen molar-refractivity contribution in [1.82, 2.24) is 4.90 Å². The van der Waals surface area contributed by atoms with E-state index >= 15 is 0 Å². The molecule has 4 heteroatoms. The Balaban J connectivity index is 2.79.